The Labute approximate surface area is 187 Å². The highest BCUT2D eigenvalue weighted by atomic mass is 35.5. The molecule has 1 heterocycles. The van der Waals surface area contributed by atoms with Crippen LogP contribution in [0.1, 0.15) is 27.4 Å². The summed E-state index contributed by atoms with van der Waals surface area (Å²) in [6, 6.07) is 16.0. The summed E-state index contributed by atoms with van der Waals surface area (Å²) in [5, 5.41) is 2.99. The van der Waals surface area contributed by atoms with E-state index in [1.807, 2.05) is 0 Å². The van der Waals surface area contributed by atoms with E-state index in [-0.39, 0.29) is 28.9 Å². The maximum Gasteiger partial charge on any atom is 0.430 e. The van der Waals surface area contributed by atoms with Crippen molar-refractivity contribution in [1.29, 1.82) is 0 Å². The third-order valence-electron chi connectivity index (χ3n) is 4.37. The molecule has 1 aromatic heterocycles. The third kappa shape index (κ3) is 6.01. The van der Waals surface area contributed by atoms with Gasteiger partial charge in [-0.3, -0.25) is 4.79 Å². The van der Waals surface area contributed by atoms with Crippen molar-refractivity contribution in [3.63, 3.8) is 0 Å². The van der Waals surface area contributed by atoms with Gasteiger partial charge in [0, 0.05) is 11.1 Å². The van der Waals surface area contributed by atoms with Crippen LogP contribution in [0.4, 0.5) is 18.9 Å². The molecule has 0 atom stereocenters. The number of amides is 1. The summed E-state index contributed by atoms with van der Waals surface area (Å²) in [6.45, 7) is 2.00. The average Bonchev–Trinajstić information content (AvgIpc) is 3.17. The predicted octanol–water partition coefficient (Wildman–Crippen LogP) is 5.70. The van der Waals surface area contributed by atoms with Crippen molar-refractivity contribution in [3.8, 4) is 0 Å². The van der Waals surface area contributed by atoms with E-state index in [1.54, 1.807) is 43.3 Å². The lowest BCUT2D eigenvalue weighted by molar-refractivity contribution is -0.0925. The Morgan fingerprint density at radius 1 is 1.09 bits per heavy atom. The number of aryl methyl sites for hydroxylation is 1. The third-order valence-corrected chi connectivity index (χ3v) is 4.69. The summed E-state index contributed by atoms with van der Waals surface area (Å²) in [6.07, 6.45) is -3.98. The zero-order valence-corrected chi connectivity index (χ0v) is 17.7. The second-order valence-electron chi connectivity index (χ2n) is 6.82. The number of carbonyl (C=O) groups is 1. The number of rotatable bonds is 6. The number of furan rings is 1. The Morgan fingerprint density at radius 2 is 1.75 bits per heavy atom. The molecule has 0 aliphatic heterocycles. The minimum Gasteiger partial charge on any atom is -0.465 e. The molecular weight excluding hydrogens is 443 g/mol. The maximum atomic E-state index is 13.0. The van der Waals surface area contributed by atoms with Gasteiger partial charge in [0.1, 0.15) is 17.2 Å². The van der Waals surface area contributed by atoms with Crippen LogP contribution in [0.2, 0.25) is 5.02 Å². The number of nitrogens with two attached hydrogens (primary N) is 1. The Hall–Kier alpha value is -3.52. The summed E-state index contributed by atoms with van der Waals surface area (Å²) < 4.78 is 44.4. The molecule has 2 aromatic carbocycles. The molecule has 0 aliphatic carbocycles. The summed E-state index contributed by atoms with van der Waals surface area (Å²) in [5.74, 6) is 0.977. The van der Waals surface area contributed by atoms with E-state index < -0.39 is 11.9 Å². The summed E-state index contributed by atoms with van der Waals surface area (Å²) in [4.78, 5) is 16.6. The molecule has 0 saturated carbocycles. The molecule has 3 N–H and O–H groups in total. The number of para-hydroxylation sites is 1. The Bertz CT molecular complexity index is 1170. The van der Waals surface area contributed by atoms with E-state index in [9.17, 15) is 18.0 Å². The molecule has 0 bridgehead atoms. The van der Waals surface area contributed by atoms with E-state index >= 15 is 0 Å². The van der Waals surface area contributed by atoms with Crippen LogP contribution in [0.25, 0.3) is 0 Å². The van der Waals surface area contributed by atoms with E-state index in [1.165, 1.54) is 24.3 Å². The van der Waals surface area contributed by atoms with Gasteiger partial charge in [0.05, 0.1) is 23.0 Å². The van der Waals surface area contributed by atoms with Gasteiger partial charge in [0.25, 0.3) is 5.91 Å². The molecule has 9 heteroatoms. The predicted molar refractivity (Wildman–Crippen MR) is 117 cm³/mol. The van der Waals surface area contributed by atoms with Crippen LogP contribution in [-0.4, -0.2) is 17.8 Å². The highest BCUT2D eigenvalue weighted by Crippen LogP contribution is 2.27. The average molecular weight is 462 g/mol. The highest BCUT2D eigenvalue weighted by Gasteiger charge is 2.31. The maximum absolute atomic E-state index is 13.0. The first kappa shape index (κ1) is 23.1. The molecular formula is C23H19ClF3N3O2. The van der Waals surface area contributed by atoms with Gasteiger partial charge in [-0.25, -0.2) is 4.99 Å². The van der Waals surface area contributed by atoms with Crippen molar-refractivity contribution in [2.24, 2.45) is 10.7 Å². The molecule has 1 amide bonds. The fraction of sp³-hybridized carbons (Fsp3) is 0.130. The van der Waals surface area contributed by atoms with Gasteiger partial charge in [0.15, 0.2) is 0 Å². The first-order valence-electron chi connectivity index (χ1n) is 9.45. The van der Waals surface area contributed by atoms with Crippen molar-refractivity contribution < 1.29 is 22.4 Å². The van der Waals surface area contributed by atoms with Crippen molar-refractivity contribution in [2.75, 3.05) is 0 Å². The van der Waals surface area contributed by atoms with E-state index in [0.29, 0.717) is 16.9 Å². The van der Waals surface area contributed by atoms with Gasteiger partial charge in [-0.15, -0.1) is 0 Å². The molecule has 0 radical (unpaired) electrons. The zero-order chi connectivity index (χ0) is 23.3. The molecule has 0 fully saturated rings. The van der Waals surface area contributed by atoms with Crippen LogP contribution in [0, 0.1) is 6.92 Å². The molecule has 3 rings (SSSR count). The first-order chi connectivity index (χ1) is 15.1. The Kier molecular flexibility index (Phi) is 7.05. The Morgan fingerprint density at radius 3 is 2.34 bits per heavy atom. The normalized spacial score (nSPS) is 12.7. The molecule has 0 aliphatic rings. The number of aliphatic imine (C=N–C) groups is 1. The van der Waals surface area contributed by atoms with Gasteiger partial charge in [-0.1, -0.05) is 35.9 Å². The van der Waals surface area contributed by atoms with Crippen molar-refractivity contribution in [1.82, 2.24) is 5.32 Å². The summed E-state index contributed by atoms with van der Waals surface area (Å²) >= 11 is 6.09. The standard InChI is InChI=1S/C23H19ClF3N3O2/c1-14-6-11-17(32-14)13-29-22(31)16-9-7-15(8-10-16)20(12-21(28)23(25,26)27)30-19-5-3-2-4-18(19)24/h2-12H,13,28H2,1H3,(H,29,31)/b21-12-,30-20?. The lowest BCUT2D eigenvalue weighted by atomic mass is 10.1. The van der Waals surface area contributed by atoms with Crippen LogP contribution in [-0.2, 0) is 6.54 Å². The lowest BCUT2D eigenvalue weighted by Crippen LogP contribution is -2.22. The Balaban J connectivity index is 1.87. The molecule has 166 valence electrons. The minimum absolute atomic E-state index is 0.0501. The fourth-order valence-corrected chi connectivity index (χ4v) is 2.90. The van der Waals surface area contributed by atoms with Crippen LogP contribution < -0.4 is 11.1 Å². The highest BCUT2D eigenvalue weighted by molar-refractivity contribution is 6.33. The van der Waals surface area contributed by atoms with Gasteiger partial charge in [0.2, 0.25) is 0 Å². The molecule has 3 aromatic rings. The van der Waals surface area contributed by atoms with Gasteiger partial charge in [-0.2, -0.15) is 13.2 Å². The van der Waals surface area contributed by atoms with Gasteiger partial charge in [-0.05, 0) is 49.4 Å². The molecule has 0 saturated heterocycles. The van der Waals surface area contributed by atoms with Gasteiger partial charge < -0.3 is 15.5 Å². The number of benzene rings is 2. The van der Waals surface area contributed by atoms with E-state index in [0.717, 1.165) is 11.8 Å². The summed E-state index contributed by atoms with van der Waals surface area (Å²) in [7, 11) is 0. The fourth-order valence-electron chi connectivity index (χ4n) is 2.72. The molecule has 0 unspecified atom stereocenters. The summed E-state index contributed by atoms with van der Waals surface area (Å²) in [5.41, 5.74) is 4.78. The number of hydrogen-bond donors (Lipinski definition) is 2. The number of alkyl halides is 3. The van der Waals surface area contributed by atoms with Gasteiger partial charge >= 0.3 is 6.18 Å². The van der Waals surface area contributed by atoms with Crippen LogP contribution in [0.15, 0.2) is 81.8 Å². The zero-order valence-electron chi connectivity index (χ0n) is 16.9. The number of halogens is 4. The van der Waals surface area contributed by atoms with Crippen molar-refractivity contribution >= 4 is 28.9 Å². The SMILES string of the molecule is Cc1ccc(CNC(=O)c2ccc(C(/C=C(\N)C(F)(F)F)=Nc3ccccc3Cl)cc2)o1. The second-order valence-corrected chi connectivity index (χ2v) is 7.23. The van der Waals surface area contributed by atoms with E-state index in [2.05, 4.69) is 10.3 Å². The van der Waals surface area contributed by atoms with Crippen LogP contribution >= 0.6 is 11.6 Å². The van der Waals surface area contributed by atoms with Crippen LogP contribution in [0.3, 0.4) is 0 Å². The molecule has 5 nitrogen and oxygen atoms in total. The quantitative estimate of drug-likeness (QED) is 0.462. The lowest BCUT2D eigenvalue weighted by Gasteiger charge is -2.10. The van der Waals surface area contributed by atoms with Crippen molar-refractivity contribution in [2.45, 2.75) is 19.6 Å². The topological polar surface area (TPSA) is 80.6 Å². The number of allylic oxidation sites excluding steroid dienone is 2. The number of nitrogens with one attached hydrogen (secondary N) is 1. The smallest absolute Gasteiger partial charge is 0.430 e. The number of nitrogens with zero attached hydrogens (tertiary/aromatic N) is 1. The largest absolute Gasteiger partial charge is 0.465 e. The number of carbonyl (C=O) groups excluding carboxylic acids is 1. The molecule has 32 heavy (non-hydrogen) atoms. The second kappa shape index (κ2) is 9.74. The van der Waals surface area contributed by atoms with Crippen molar-refractivity contribution in [3.05, 3.63) is 100 Å². The first-order valence-corrected chi connectivity index (χ1v) is 9.83. The number of hydrogen-bond acceptors (Lipinski definition) is 4. The van der Waals surface area contributed by atoms with Crippen LogP contribution in [0.5, 0.6) is 0 Å². The van der Waals surface area contributed by atoms with E-state index in [4.69, 9.17) is 21.8 Å². The minimum atomic E-state index is -4.72. The molecule has 0 spiro atoms. The monoisotopic (exact) mass is 461 g/mol.